The molecule has 0 spiro atoms. The Labute approximate surface area is 163 Å². The number of hydrogen-bond donors (Lipinski definition) is 3. The van der Waals surface area contributed by atoms with Crippen molar-refractivity contribution in [3.05, 3.63) is 68.5 Å². The predicted octanol–water partition coefficient (Wildman–Crippen LogP) is -1.16. The number of aryl methyl sites for hydroxylation is 1. The topological polar surface area (TPSA) is 140 Å². The Morgan fingerprint density at radius 3 is 2.66 bits per heavy atom. The molecule has 0 radical (unpaired) electrons. The second kappa shape index (κ2) is 6.10. The van der Waals surface area contributed by atoms with Crippen LogP contribution in [0.3, 0.4) is 0 Å². The molecule has 10 heteroatoms. The van der Waals surface area contributed by atoms with Crippen LogP contribution in [-0.2, 0) is 14.2 Å². The average Bonchev–Trinajstić information content (AvgIpc) is 3.16. The van der Waals surface area contributed by atoms with Crippen molar-refractivity contribution in [2.24, 2.45) is 0 Å². The Morgan fingerprint density at radius 1 is 1.21 bits per heavy atom. The molecule has 152 valence electrons. The van der Waals surface area contributed by atoms with Crippen LogP contribution in [0.25, 0.3) is 0 Å². The summed E-state index contributed by atoms with van der Waals surface area (Å²) in [5.74, 6) is -0.674. The number of rotatable bonds is 3. The van der Waals surface area contributed by atoms with Crippen molar-refractivity contribution >= 4 is 5.97 Å². The minimum Gasteiger partial charge on any atom is -0.453 e. The van der Waals surface area contributed by atoms with E-state index < -0.39 is 59.6 Å². The lowest BCUT2D eigenvalue weighted by Crippen LogP contribution is -2.53. The van der Waals surface area contributed by atoms with Crippen LogP contribution in [0.5, 0.6) is 0 Å². The molecule has 3 aliphatic rings. The standard InChI is InChI=1S/C19H18N2O8/c1-8-7-21(18(25)20-15(8)23)16-14-19(26)12(28-16)10(22)11(27-14)13(19)29-17(24)9-5-3-2-4-6-9/h2-7,10-14,16,22,26H,1H3,(H,20,23,25)/t10-,11+,12+,13+,14+,16+,19-/m0/s1. The minimum absolute atomic E-state index is 0.265. The molecule has 1 aromatic heterocycles. The highest BCUT2D eigenvalue weighted by Gasteiger charge is 2.78. The summed E-state index contributed by atoms with van der Waals surface area (Å²) in [6, 6.07) is 8.23. The molecule has 1 aliphatic carbocycles. The summed E-state index contributed by atoms with van der Waals surface area (Å²) in [6.45, 7) is 1.52. The molecule has 29 heavy (non-hydrogen) atoms. The van der Waals surface area contributed by atoms with E-state index in [0.717, 1.165) is 4.57 Å². The van der Waals surface area contributed by atoms with E-state index in [1.807, 2.05) is 0 Å². The van der Waals surface area contributed by atoms with Crippen LogP contribution >= 0.6 is 0 Å². The van der Waals surface area contributed by atoms with E-state index >= 15 is 0 Å². The molecule has 5 rings (SSSR count). The van der Waals surface area contributed by atoms with Gasteiger partial charge < -0.3 is 24.4 Å². The molecule has 3 heterocycles. The van der Waals surface area contributed by atoms with Crippen LogP contribution in [-0.4, -0.2) is 61.9 Å². The van der Waals surface area contributed by atoms with E-state index in [1.165, 1.54) is 13.1 Å². The van der Waals surface area contributed by atoms with Gasteiger partial charge >= 0.3 is 11.7 Å². The van der Waals surface area contributed by atoms with Crippen LogP contribution < -0.4 is 11.2 Å². The third-order valence-electron chi connectivity index (χ3n) is 5.82. The van der Waals surface area contributed by atoms with Crippen molar-refractivity contribution < 1.29 is 29.2 Å². The smallest absolute Gasteiger partial charge is 0.338 e. The summed E-state index contributed by atoms with van der Waals surface area (Å²) in [5.41, 5.74) is -2.57. The summed E-state index contributed by atoms with van der Waals surface area (Å²) >= 11 is 0. The second-order valence-electron chi connectivity index (χ2n) is 7.52. The summed E-state index contributed by atoms with van der Waals surface area (Å²) in [4.78, 5) is 38.6. The first kappa shape index (κ1) is 18.3. The molecule has 2 aliphatic heterocycles. The summed E-state index contributed by atoms with van der Waals surface area (Å²) in [7, 11) is 0. The van der Waals surface area contributed by atoms with Gasteiger partial charge in [-0.2, -0.15) is 0 Å². The van der Waals surface area contributed by atoms with E-state index in [0.29, 0.717) is 0 Å². The lowest BCUT2D eigenvalue weighted by molar-refractivity contribution is -0.134. The van der Waals surface area contributed by atoms with Crippen molar-refractivity contribution in [2.75, 3.05) is 0 Å². The SMILES string of the molecule is Cc1cn([C@@H]2O[C@@H]3[C@@H](O)[C@H]4O[C@H]2[C@@]3(O)[C@@H]4OC(=O)c2ccccc2)c(=O)[nH]c1=O. The number of H-pyrrole nitrogens is 1. The Balaban J connectivity index is 1.49. The summed E-state index contributed by atoms with van der Waals surface area (Å²) in [6.07, 6.45) is -5.44. The van der Waals surface area contributed by atoms with Gasteiger partial charge in [-0.05, 0) is 19.1 Å². The van der Waals surface area contributed by atoms with Gasteiger partial charge in [0.15, 0.2) is 17.9 Å². The summed E-state index contributed by atoms with van der Waals surface area (Å²) in [5, 5.41) is 21.9. The number of carbonyl (C=O) groups excluding carboxylic acids is 1. The van der Waals surface area contributed by atoms with Crippen molar-refractivity contribution in [3.8, 4) is 0 Å². The predicted molar refractivity (Wildman–Crippen MR) is 95.2 cm³/mol. The number of aliphatic hydroxyl groups excluding tert-OH is 1. The molecule has 0 amide bonds. The normalized spacial score (nSPS) is 37.1. The van der Waals surface area contributed by atoms with Gasteiger partial charge in [-0.15, -0.1) is 0 Å². The largest absolute Gasteiger partial charge is 0.453 e. The van der Waals surface area contributed by atoms with E-state index in [1.54, 1.807) is 30.3 Å². The van der Waals surface area contributed by atoms with Gasteiger partial charge in [0.25, 0.3) is 5.56 Å². The molecule has 2 bridgehead atoms. The quantitative estimate of drug-likeness (QED) is 0.546. The Hall–Kier alpha value is -2.79. The molecule has 2 aromatic rings. The Kier molecular flexibility index (Phi) is 3.84. The van der Waals surface area contributed by atoms with Crippen LogP contribution in [0.2, 0.25) is 0 Å². The number of hydrogen-bond acceptors (Lipinski definition) is 8. The molecule has 1 saturated carbocycles. The maximum Gasteiger partial charge on any atom is 0.338 e. The number of nitrogens with zero attached hydrogens (tertiary/aromatic N) is 1. The van der Waals surface area contributed by atoms with Crippen molar-refractivity contribution in [3.63, 3.8) is 0 Å². The minimum atomic E-state index is -1.84. The first-order valence-corrected chi connectivity index (χ1v) is 9.12. The number of aromatic nitrogens is 2. The zero-order chi connectivity index (χ0) is 20.5. The first-order chi connectivity index (χ1) is 13.8. The van der Waals surface area contributed by atoms with E-state index in [2.05, 4.69) is 4.98 Å². The van der Waals surface area contributed by atoms with Crippen LogP contribution in [0, 0.1) is 6.92 Å². The van der Waals surface area contributed by atoms with Gasteiger partial charge in [0.2, 0.25) is 0 Å². The Morgan fingerprint density at radius 2 is 1.93 bits per heavy atom. The van der Waals surface area contributed by atoms with Crippen molar-refractivity contribution in [1.82, 2.24) is 9.55 Å². The number of esters is 1. The fraction of sp³-hybridized carbons (Fsp3) is 0.421. The fourth-order valence-electron chi connectivity index (χ4n) is 4.42. The number of fused-ring (bicyclic) bond motifs is 1. The van der Waals surface area contributed by atoms with Crippen LogP contribution in [0.1, 0.15) is 22.1 Å². The third kappa shape index (κ3) is 2.40. The van der Waals surface area contributed by atoms with Gasteiger partial charge in [0, 0.05) is 11.8 Å². The molecular formula is C19H18N2O8. The molecule has 3 N–H and O–H groups in total. The molecular weight excluding hydrogens is 384 g/mol. The molecule has 2 saturated heterocycles. The average molecular weight is 402 g/mol. The van der Waals surface area contributed by atoms with Gasteiger partial charge in [-0.3, -0.25) is 14.3 Å². The van der Waals surface area contributed by atoms with Crippen LogP contribution in [0.15, 0.2) is 46.1 Å². The number of ether oxygens (including phenoxy) is 3. The molecule has 1 aromatic carbocycles. The van der Waals surface area contributed by atoms with Gasteiger partial charge in [-0.25, -0.2) is 9.59 Å². The monoisotopic (exact) mass is 402 g/mol. The highest BCUT2D eigenvalue weighted by molar-refractivity contribution is 5.89. The van der Waals surface area contributed by atoms with E-state index in [-0.39, 0.29) is 11.1 Å². The highest BCUT2D eigenvalue weighted by Crippen LogP contribution is 2.56. The third-order valence-corrected chi connectivity index (χ3v) is 5.82. The summed E-state index contributed by atoms with van der Waals surface area (Å²) < 4.78 is 18.1. The van der Waals surface area contributed by atoms with E-state index in [9.17, 15) is 24.6 Å². The lowest BCUT2D eigenvalue weighted by atomic mass is 9.93. The Bertz CT molecular complexity index is 1100. The maximum atomic E-state index is 12.5. The van der Waals surface area contributed by atoms with Gasteiger partial charge in [0.1, 0.15) is 24.4 Å². The number of benzene rings is 1. The highest BCUT2D eigenvalue weighted by atomic mass is 16.7. The molecule has 10 nitrogen and oxygen atoms in total. The van der Waals surface area contributed by atoms with Crippen molar-refractivity contribution in [2.45, 2.75) is 49.3 Å². The number of aliphatic hydroxyl groups is 2. The maximum absolute atomic E-state index is 12.5. The van der Waals surface area contributed by atoms with Gasteiger partial charge in [0.05, 0.1) is 5.56 Å². The molecule has 0 unspecified atom stereocenters. The number of nitrogens with one attached hydrogen (secondary N) is 1. The zero-order valence-electron chi connectivity index (χ0n) is 15.2. The molecule has 3 fully saturated rings. The molecule has 7 atom stereocenters. The number of aromatic amines is 1. The second-order valence-corrected chi connectivity index (χ2v) is 7.52. The zero-order valence-corrected chi connectivity index (χ0v) is 15.2. The first-order valence-electron chi connectivity index (χ1n) is 9.12. The van der Waals surface area contributed by atoms with Crippen LogP contribution in [0.4, 0.5) is 0 Å². The van der Waals surface area contributed by atoms with Gasteiger partial charge in [-0.1, -0.05) is 18.2 Å². The van der Waals surface area contributed by atoms with Crippen molar-refractivity contribution in [1.29, 1.82) is 0 Å². The van der Waals surface area contributed by atoms with E-state index in [4.69, 9.17) is 14.2 Å². The fourth-order valence-corrected chi connectivity index (χ4v) is 4.42. The number of carbonyl (C=O) groups is 1. The lowest BCUT2D eigenvalue weighted by Gasteiger charge is -2.29.